The third-order valence-electron chi connectivity index (χ3n) is 2.12. The lowest BCUT2D eigenvalue weighted by Gasteiger charge is -2.21. The first-order valence-corrected chi connectivity index (χ1v) is 4.41. The Morgan fingerprint density at radius 2 is 1.92 bits per heavy atom. The van der Waals surface area contributed by atoms with Crippen LogP contribution in [0.5, 0.6) is 0 Å². The zero-order valence-electron chi connectivity index (χ0n) is 7.26. The van der Waals surface area contributed by atoms with Gasteiger partial charge in [0.15, 0.2) is 0 Å². The summed E-state index contributed by atoms with van der Waals surface area (Å²) in [6.07, 6.45) is 4.00. The van der Waals surface area contributed by atoms with Crippen LogP contribution in [0, 0.1) is 0 Å². The number of rotatable bonds is 2. The molecule has 4 heteroatoms. The SMILES string of the molecule is O=C(OC1CCCCC1)/C(F)=C/F. The smallest absolute Gasteiger partial charge is 0.369 e. The number of ether oxygens (including phenoxy) is 1. The van der Waals surface area contributed by atoms with Crippen LogP contribution >= 0.6 is 0 Å². The second kappa shape index (κ2) is 4.94. The maximum absolute atomic E-state index is 12.3. The van der Waals surface area contributed by atoms with Crippen molar-refractivity contribution in [2.24, 2.45) is 0 Å². The summed E-state index contributed by atoms with van der Waals surface area (Å²) < 4.78 is 28.6. The fourth-order valence-corrected chi connectivity index (χ4v) is 1.44. The monoisotopic (exact) mass is 190 g/mol. The van der Waals surface area contributed by atoms with Crippen LogP contribution in [0.2, 0.25) is 0 Å². The van der Waals surface area contributed by atoms with Gasteiger partial charge in [-0.25, -0.2) is 9.18 Å². The molecule has 0 spiro atoms. The van der Waals surface area contributed by atoms with E-state index in [0.717, 1.165) is 32.1 Å². The molecule has 0 aliphatic heterocycles. The minimum atomic E-state index is -1.45. The highest BCUT2D eigenvalue weighted by Gasteiger charge is 2.20. The number of carbonyl (C=O) groups is 1. The fraction of sp³-hybridized carbons (Fsp3) is 0.667. The number of halogens is 2. The molecule has 0 saturated heterocycles. The van der Waals surface area contributed by atoms with Gasteiger partial charge in [-0.05, 0) is 25.7 Å². The lowest BCUT2D eigenvalue weighted by Crippen LogP contribution is -2.20. The molecule has 1 rings (SSSR count). The van der Waals surface area contributed by atoms with Crippen LogP contribution in [0.3, 0.4) is 0 Å². The zero-order chi connectivity index (χ0) is 9.68. The molecule has 0 heterocycles. The van der Waals surface area contributed by atoms with Crippen LogP contribution in [0.15, 0.2) is 12.2 Å². The lowest BCUT2D eigenvalue weighted by molar-refractivity contribution is -0.147. The highest BCUT2D eigenvalue weighted by molar-refractivity contribution is 5.85. The molecule has 0 aromatic carbocycles. The van der Waals surface area contributed by atoms with Crippen molar-refractivity contribution in [1.82, 2.24) is 0 Å². The molecule has 1 aliphatic rings. The van der Waals surface area contributed by atoms with E-state index in [2.05, 4.69) is 0 Å². The first-order valence-electron chi connectivity index (χ1n) is 4.41. The predicted molar refractivity (Wildman–Crippen MR) is 43.3 cm³/mol. The molecular formula is C9H12F2O2. The number of hydrogen-bond acceptors (Lipinski definition) is 2. The van der Waals surface area contributed by atoms with Crippen molar-refractivity contribution in [3.05, 3.63) is 12.2 Å². The van der Waals surface area contributed by atoms with Gasteiger partial charge in [-0.2, -0.15) is 4.39 Å². The molecule has 0 aromatic heterocycles. The number of carbonyl (C=O) groups excluding carboxylic acids is 1. The highest BCUT2D eigenvalue weighted by atomic mass is 19.2. The van der Waals surface area contributed by atoms with Gasteiger partial charge in [-0.15, -0.1) is 0 Å². The Morgan fingerprint density at radius 1 is 1.31 bits per heavy atom. The predicted octanol–water partition coefficient (Wildman–Crippen LogP) is 2.64. The lowest BCUT2D eigenvalue weighted by atomic mass is 9.98. The van der Waals surface area contributed by atoms with Gasteiger partial charge in [0, 0.05) is 0 Å². The standard InChI is InChI=1S/C9H12F2O2/c10-6-8(11)9(12)13-7-4-2-1-3-5-7/h6-7H,1-5H2/b8-6-. The largest absolute Gasteiger partial charge is 0.457 e. The molecule has 0 bridgehead atoms. The van der Waals surface area contributed by atoms with E-state index in [9.17, 15) is 13.6 Å². The average Bonchev–Trinajstić information content (AvgIpc) is 2.18. The zero-order valence-corrected chi connectivity index (χ0v) is 7.26. The molecular weight excluding hydrogens is 178 g/mol. The Hall–Kier alpha value is -0.930. The van der Waals surface area contributed by atoms with E-state index in [1.807, 2.05) is 0 Å². The van der Waals surface area contributed by atoms with Crippen LogP contribution in [-0.2, 0) is 9.53 Å². The van der Waals surface area contributed by atoms with E-state index in [1.54, 1.807) is 0 Å². The Balaban J connectivity index is 2.34. The highest BCUT2D eigenvalue weighted by Crippen LogP contribution is 2.21. The first-order chi connectivity index (χ1) is 6.24. The minimum Gasteiger partial charge on any atom is -0.457 e. The molecule has 0 unspecified atom stereocenters. The van der Waals surface area contributed by atoms with Gasteiger partial charge >= 0.3 is 5.97 Å². The van der Waals surface area contributed by atoms with E-state index in [0.29, 0.717) is 0 Å². The van der Waals surface area contributed by atoms with E-state index in [1.165, 1.54) is 0 Å². The molecule has 1 fully saturated rings. The van der Waals surface area contributed by atoms with Gasteiger partial charge in [0.25, 0.3) is 0 Å². The van der Waals surface area contributed by atoms with Crippen molar-refractivity contribution in [2.45, 2.75) is 38.2 Å². The van der Waals surface area contributed by atoms with Gasteiger partial charge in [-0.3, -0.25) is 0 Å². The van der Waals surface area contributed by atoms with E-state index < -0.39 is 11.8 Å². The Kier molecular flexibility index (Phi) is 3.86. The fourth-order valence-electron chi connectivity index (χ4n) is 1.44. The van der Waals surface area contributed by atoms with Crippen molar-refractivity contribution >= 4 is 5.97 Å². The van der Waals surface area contributed by atoms with Crippen molar-refractivity contribution in [3.63, 3.8) is 0 Å². The normalized spacial score (nSPS) is 20.0. The van der Waals surface area contributed by atoms with Gasteiger partial charge in [0.2, 0.25) is 5.83 Å². The molecule has 0 radical (unpaired) electrons. The average molecular weight is 190 g/mol. The van der Waals surface area contributed by atoms with Crippen molar-refractivity contribution in [2.75, 3.05) is 0 Å². The summed E-state index contributed by atoms with van der Waals surface area (Å²) in [5.74, 6) is -2.64. The molecule has 0 N–H and O–H groups in total. The third-order valence-corrected chi connectivity index (χ3v) is 2.12. The molecule has 1 aliphatic carbocycles. The third kappa shape index (κ3) is 3.13. The Bertz CT molecular complexity index is 208. The summed E-state index contributed by atoms with van der Waals surface area (Å²) in [5, 5.41) is 0. The summed E-state index contributed by atoms with van der Waals surface area (Å²) in [6, 6.07) is 0. The number of hydrogen-bond donors (Lipinski definition) is 0. The topological polar surface area (TPSA) is 26.3 Å². The van der Waals surface area contributed by atoms with Crippen molar-refractivity contribution in [3.8, 4) is 0 Å². The summed E-state index contributed by atoms with van der Waals surface area (Å²) in [7, 11) is 0. The Morgan fingerprint density at radius 3 is 2.46 bits per heavy atom. The van der Waals surface area contributed by atoms with Crippen LogP contribution in [0.25, 0.3) is 0 Å². The quantitative estimate of drug-likeness (QED) is 0.494. The first kappa shape index (κ1) is 10.2. The summed E-state index contributed by atoms with van der Waals surface area (Å²) in [6.45, 7) is 0. The minimum absolute atomic E-state index is 0.230. The number of esters is 1. The van der Waals surface area contributed by atoms with Gasteiger partial charge in [0.05, 0.1) is 0 Å². The van der Waals surface area contributed by atoms with Crippen LogP contribution in [0.4, 0.5) is 8.78 Å². The van der Waals surface area contributed by atoms with Gasteiger partial charge in [0.1, 0.15) is 12.4 Å². The van der Waals surface area contributed by atoms with E-state index >= 15 is 0 Å². The molecule has 0 amide bonds. The van der Waals surface area contributed by atoms with Gasteiger partial charge in [-0.1, -0.05) is 6.42 Å². The van der Waals surface area contributed by atoms with Gasteiger partial charge < -0.3 is 4.74 Å². The van der Waals surface area contributed by atoms with E-state index in [4.69, 9.17) is 4.74 Å². The summed E-state index contributed by atoms with van der Waals surface area (Å²) >= 11 is 0. The maximum Gasteiger partial charge on any atom is 0.369 e. The molecule has 0 aromatic rings. The molecule has 1 saturated carbocycles. The van der Waals surface area contributed by atoms with Crippen LogP contribution < -0.4 is 0 Å². The van der Waals surface area contributed by atoms with E-state index in [-0.39, 0.29) is 12.4 Å². The Labute approximate surface area is 75.6 Å². The summed E-state index contributed by atoms with van der Waals surface area (Å²) in [5.41, 5.74) is 0. The van der Waals surface area contributed by atoms with Crippen molar-refractivity contribution in [1.29, 1.82) is 0 Å². The molecule has 13 heavy (non-hydrogen) atoms. The summed E-state index contributed by atoms with van der Waals surface area (Å²) in [4.78, 5) is 10.7. The van der Waals surface area contributed by atoms with Crippen LogP contribution in [0.1, 0.15) is 32.1 Å². The second-order valence-corrected chi connectivity index (χ2v) is 3.12. The van der Waals surface area contributed by atoms with Crippen LogP contribution in [-0.4, -0.2) is 12.1 Å². The molecule has 0 atom stereocenters. The maximum atomic E-state index is 12.3. The molecule has 2 nitrogen and oxygen atoms in total. The molecule has 74 valence electrons. The second-order valence-electron chi connectivity index (χ2n) is 3.12. The van der Waals surface area contributed by atoms with Crippen molar-refractivity contribution < 1.29 is 18.3 Å².